The summed E-state index contributed by atoms with van der Waals surface area (Å²) < 4.78 is 43.5. The van der Waals surface area contributed by atoms with Crippen LogP contribution in [0.4, 0.5) is 13.2 Å². The first-order valence-corrected chi connectivity index (χ1v) is 10.0. The largest absolute Gasteiger partial charge is 0.460 e. The number of rotatable bonds is 6. The van der Waals surface area contributed by atoms with Crippen molar-refractivity contribution in [3.63, 3.8) is 0 Å². The molecule has 2 aromatic heterocycles. The number of benzene rings is 1. The number of amides is 1. The number of carbonyl (C=O) groups is 1. The van der Waals surface area contributed by atoms with Crippen LogP contribution in [0.15, 0.2) is 36.7 Å². The van der Waals surface area contributed by atoms with Gasteiger partial charge in [-0.15, -0.1) is 0 Å². The number of thiazole rings is 1. The number of nitrogens with zero attached hydrogens (tertiary/aromatic N) is 2. The molecule has 0 bridgehead atoms. The summed E-state index contributed by atoms with van der Waals surface area (Å²) in [5, 5.41) is 4.05. The van der Waals surface area contributed by atoms with Crippen LogP contribution in [0.5, 0.6) is 5.19 Å². The highest BCUT2D eigenvalue weighted by Crippen LogP contribution is 2.50. The number of nitrogens with one attached hydrogen (secondary N) is 1. The third-order valence-corrected chi connectivity index (χ3v) is 6.19. The Balaban J connectivity index is 1.37. The maximum absolute atomic E-state index is 12.7. The SMILES string of the molecule is C[C@@H](NC(=O)[C@H]1C[C@@H]1c1cn(C)c2ccccc12)c1cnc(OCC(F)(F)F)s1. The van der Waals surface area contributed by atoms with Crippen molar-refractivity contribution in [1.29, 1.82) is 0 Å². The Morgan fingerprint density at radius 2 is 2.17 bits per heavy atom. The van der Waals surface area contributed by atoms with Gasteiger partial charge >= 0.3 is 6.18 Å². The molecule has 1 aliphatic carbocycles. The number of aryl methyl sites for hydroxylation is 1. The van der Waals surface area contributed by atoms with Crippen molar-refractivity contribution in [2.24, 2.45) is 13.0 Å². The average molecular weight is 423 g/mol. The van der Waals surface area contributed by atoms with Crippen LogP contribution in [0, 0.1) is 5.92 Å². The van der Waals surface area contributed by atoms with Crippen molar-refractivity contribution in [3.8, 4) is 5.19 Å². The van der Waals surface area contributed by atoms with E-state index in [9.17, 15) is 18.0 Å². The molecule has 4 rings (SSSR count). The molecule has 0 radical (unpaired) electrons. The molecule has 1 aromatic carbocycles. The minimum Gasteiger partial charge on any atom is -0.460 e. The monoisotopic (exact) mass is 423 g/mol. The molecule has 3 aromatic rings. The molecule has 9 heteroatoms. The maximum atomic E-state index is 12.7. The van der Waals surface area contributed by atoms with Gasteiger partial charge in [0.05, 0.1) is 10.9 Å². The molecule has 1 aliphatic rings. The molecule has 0 unspecified atom stereocenters. The van der Waals surface area contributed by atoms with Crippen LogP contribution in [-0.4, -0.2) is 28.2 Å². The number of halogens is 3. The number of alkyl halides is 3. The van der Waals surface area contributed by atoms with Gasteiger partial charge in [0.15, 0.2) is 6.61 Å². The molecule has 2 heterocycles. The molecule has 1 fully saturated rings. The zero-order valence-corrected chi connectivity index (χ0v) is 16.7. The fourth-order valence-corrected chi connectivity index (χ4v) is 4.33. The van der Waals surface area contributed by atoms with Crippen LogP contribution < -0.4 is 10.1 Å². The second kappa shape index (κ2) is 7.37. The molecule has 154 valence electrons. The van der Waals surface area contributed by atoms with Gasteiger partial charge in [0.25, 0.3) is 5.19 Å². The number of carbonyl (C=O) groups excluding carboxylic acids is 1. The van der Waals surface area contributed by atoms with Crippen LogP contribution in [-0.2, 0) is 11.8 Å². The van der Waals surface area contributed by atoms with Crippen molar-refractivity contribution < 1.29 is 22.7 Å². The van der Waals surface area contributed by atoms with Gasteiger partial charge in [0, 0.05) is 36.3 Å². The maximum Gasteiger partial charge on any atom is 0.422 e. The zero-order chi connectivity index (χ0) is 20.8. The second-order valence-electron chi connectivity index (χ2n) is 7.32. The Bertz CT molecular complexity index is 1040. The molecule has 0 aliphatic heterocycles. The number of hydrogen-bond acceptors (Lipinski definition) is 4. The van der Waals surface area contributed by atoms with E-state index in [4.69, 9.17) is 0 Å². The molecule has 5 nitrogen and oxygen atoms in total. The first-order chi connectivity index (χ1) is 13.7. The number of aromatic nitrogens is 2. The van der Waals surface area contributed by atoms with Crippen LogP contribution in [0.25, 0.3) is 10.9 Å². The molecular formula is C20H20F3N3O2S. The van der Waals surface area contributed by atoms with Crippen molar-refractivity contribution in [1.82, 2.24) is 14.9 Å². The Morgan fingerprint density at radius 3 is 2.93 bits per heavy atom. The highest BCUT2D eigenvalue weighted by Gasteiger charge is 2.45. The lowest BCUT2D eigenvalue weighted by Gasteiger charge is -2.11. The zero-order valence-electron chi connectivity index (χ0n) is 15.9. The van der Waals surface area contributed by atoms with Crippen molar-refractivity contribution >= 4 is 28.1 Å². The van der Waals surface area contributed by atoms with Gasteiger partial charge in [-0.05, 0) is 30.9 Å². The van der Waals surface area contributed by atoms with E-state index in [2.05, 4.69) is 37.9 Å². The quantitative estimate of drug-likeness (QED) is 0.633. The van der Waals surface area contributed by atoms with Gasteiger partial charge < -0.3 is 14.6 Å². The van der Waals surface area contributed by atoms with E-state index in [1.165, 1.54) is 11.8 Å². The Morgan fingerprint density at radius 1 is 1.41 bits per heavy atom. The van der Waals surface area contributed by atoms with Gasteiger partial charge in [0.1, 0.15) is 0 Å². The lowest BCUT2D eigenvalue weighted by molar-refractivity contribution is -0.153. The molecule has 1 amide bonds. The summed E-state index contributed by atoms with van der Waals surface area (Å²) in [4.78, 5) is 17.2. The molecule has 0 spiro atoms. The summed E-state index contributed by atoms with van der Waals surface area (Å²) in [6, 6.07) is 7.76. The van der Waals surface area contributed by atoms with E-state index in [1.807, 2.05) is 19.2 Å². The van der Waals surface area contributed by atoms with Gasteiger partial charge in [-0.3, -0.25) is 4.79 Å². The van der Waals surface area contributed by atoms with Crippen LogP contribution in [0.3, 0.4) is 0 Å². The van der Waals surface area contributed by atoms with Crippen molar-refractivity contribution in [2.45, 2.75) is 31.5 Å². The summed E-state index contributed by atoms with van der Waals surface area (Å²) in [5.74, 6) is 0.0270. The third-order valence-electron chi connectivity index (χ3n) is 5.10. The van der Waals surface area contributed by atoms with Crippen molar-refractivity contribution in [2.75, 3.05) is 6.61 Å². The highest BCUT2D eigenvalue weighted by atomic mass is 32.1. The average Bonchev–Trinajstić information content (AvgIpc) is 3.19. The van der Waals surface area contributed by atoms with Crippen LogP contribution >= 0.6 is 11.3 Å². The number of ether oxygens (including phenoxy) is 1. The second-order valence-corrected chi connectivity index (χ2v) is 8.35. The fourth-order valence-electron chi connectivity index (χ4n) is 3.57. The van der Waals surface area contributed by atoms with Gasteiger partial charge in [-0.1, -0.05) is 29.5 Å². The smallest absolute Gasteiger partial charge is 0.422 e. The van der Waals surface area contributed by atoms with E-state index < -0.39 is 12.8 Å². The summed E-state index contributed by atoms with van der Waals surface area (Å²) in [7, 11) is 1.99. The van der Waals surface area contributed by atoms with Gasteiger partial charge in [0.2, 0.25) is 5.91 Å². The summed E-state index contributed by atoms with van der Waals surface area (Å²) in [5.41, 5.74) is 2.31. The van der Waals surface area contributed by atoms with Crippen LogP contribution in [0.1, 0.15) is 35.7 Å². The van der Waals surface area contributed by atoms with Gasteiger partial charge in [-0.25, -0.2) is 4.98 Å². The molecule has 3 atom stereocenters. The Kier molecular flexibility index (Phi) is 5.02. The molecule has 1 N–H and O–H groups in total. The van der Waals surface area contributed by atoms with E-state index in [1.54, 1.807) is 6.92 Å². The van der Waals surface area contributed by atoms with Crippen molar-refractivity contribution in [3.05, 3.63) is 47.1 Å². The minimum absolute atomic E-state index is 0.0541. The number of para-hydroxylation sites is 1. The number of fused-ring (bicyclic) bond motifs is 1. The standard InChI is InChI=1S/C20H20F3N3O2S/c1-11(17-8-24-19(29-17)28-10-20(21,22)23)25-18(27)14-7-13(14)15-9-26(2)16-6-4-3-5-12(15)16/h3-6,8-9,11,13-14H,7,10H2,1-2H3,(H,25,27)/t11-,13+,14+/m1/s1. The van der Waals surface area contributed by atoms with E-state index in [0.29, 0.717) is 4.88 Å². The first-order valence-electron chi connectivity index (χ1n) is 9.22. The lowest BCUT2D eigenvalue weighted by atomic mass is 10.1. The topological polar surface area (TPSA) is 56.2 Å². The fraction of sp³-hybridized carbons (Fsp3) is 0.400. The molecular weight excluding hydrogens is 403 g/mol. The third kappa shape index (κ3) is 4.24. The lowest BCUT2D eigenvalue weighted by Crippen LogP contribution is -2.27. The minimum atomic E-state index is -4.41. The summed E-state index contributed by atoms with van der Waals surface area (Å²) >= 11 is 1.01. The van der Waals surface area contributed by atoms with E-state index >= 15 is 0 Å². The Hall–Kier alpha value is -2.55. The van der Waals surface area contributed by atoms with Gasteiger partial charge in [-0.2, -0.15) is 13.2 Å². The predicted molar refractivity (Wildman–Crippen MR) is 104 cm³/mol. The van der Waals surface area contributed by atoms with E-state index in [0.717, 1.165) is 28.7 Å². The summed E-state index contributed by atoms with van der Waals surface area (Å²) in [6.07, 6.45) is -0.0979. The normalized spacial score (nSPS) is 19.9. The van der Waals surface area contributed by atoms with E-state index in [-0.39, 0.29) is 29.0 Å². The Labute approximate surface area is 169 Å². The molecule has 29 heavy (non-hydrogen) atoms. The highest BCUT2D eigenvalue weighted by molar-refractivity contribution is 7.13. The van der Waals surface area contributed by atoms with Crippen LogP contribution in [0.2, 0.25) is 0 Å². The summed E-state index contributed by atoms with van der Waals surface area (Å²) in [6.45, 7) is 0.406. The number of hydrogen-bond donors (Lipinski definition) is 1. The first kappa shape index (κ1) is 19.8. The predicted octanol–water partition coefficient (Wildman–Crippen LogP) is 4.56. The molecule has 0 saturated heterocycles. The molecule has 1 saturated carbocycles.